The van der Waals surface area contributed by atoms with Crippen LogP contribution in [0.1, 0.15) is 35.4 Å². The summed E-state index contributed by atoms with van der Waals surface area (Å²) in [5.41, 5.74) is 3.04. The van der Waals surface area contributed by atoms with E-state index < -0.39 is 11.9 Å². The highest BCUT2D eigenvalue weighted by atomic mass is 19.1. The molecule has 0 saturated heterocycles. The summed E-state index contributed by atoms with van der Waals surface area (Å²) < 4.78 is 14.9. The van der Waals surface area contributed by atoms with Gasteiger partial charge >= 0.3 is 5.97 Å². The molecule has 1 atom stereocenters. The van der Waals surface area contributed by atoms with Crippen molar-refractivity contribution < 1.29 is 14.3 Å². The second-order valence-corrected chi connectivity index (χ2v) is 4.93. The Morgan fingerprint density at radius 2 is 2.15 bits per heavy atom. The Morgan fingerprint density at radius 3 is 2.75 bits per heavy atom. The monoisotopic (exact) mass is 276 g/mol. The number of aryl methyl sites for hydroxylation is 1. The van der Waals surface area contributed by atoms with Crippen molar-refractivity contribution in [1.82, 2.24) is 9.78 Å². The summed E-state index contributed by atoms with van der Waals surface area (Å²) in [6, 6.07) is 6.32. The van der Waals surface area contributed by atoms with Crippen LogP contribution in [0.15, 0.2) is 24.3 Å². The van der Waals surface area contributed by atoms with Gasteiger partial charge in [0.15, 0.2) is 0 Å². The lowest BCUT2D eigenvalue weighted by atomic mass is 9.99. The number of halogens is 1. The molecule has 1 N–H and O–H groups in total. The van der Waals surface area contributed by atoms with Crippen LogP contribution in [0.25, 0.3) is 0 Å². The molecule has 2 rings (SSSR count). The van der Waals surface area contributed by atoms with Crippen LogP contribution in [0, 0.1) is 19.7 Å². The lowest BCUT2D eigenvalue weighted by Crippen LogP contribution is -2.10. The van der Waals surface area contributed by atoms with Gasteiger partial charge in [0.1, 0.15) is 5.82 Å². The summed E-state index contributed by atoms with van der Waals surface area (Å²) in [6.45, 7) is 5.71. The number of rotatable bonds is 4. The molecule has 1 aromatic heterocycles. The van der Waals surface area contributed by atoms with Gasteiger partial charge in [0.25, 0.3) is 0 Å². The van der Waals surface area contributed by atoms with Crippen molar-refractivity contribution in [1.29, 1.82) is 0 Å². The Bertz CT molecular complexity index is 649. The molecule has 0 saturated carbocycles. The van der Waals surface area contributed by atoms with E-state index in [1.54, 1.807) is 24.6 Å². The molecule has 20 heavy (non-hydrogen) atoms. The molecule has 1 unspecified atom stereocenters. The van der Waals surface area contributed by atoms with E-state index in [1.807, 2.05) is 13.0 Å². The van der Waals surface area contributed by atoms with E-state index >= 15 is 0 Å². The maximum absolute atomic E-state index is 13.2. The average molecular weight is 276 g/mol. The van der Waals surface area contributed by atoms with Crippen molar-refractivity contribution in [2.24, 2.45) is 0 Å². The number of carbonyl (C=O) groups is 1. The van der Waals surface area contributed by atoms with Gasteiger partial charge in [0.05, 0.1) is 18.2 Å². The van der Waals surface area contributed by atoms with Crippen molar-refractivity contribution in [2.75, 3.05) is 0 Å². The molecule has 106 valence electrons. The third-order valence-corrected chi connectivity index (χ3v) is 3.46. The second-order valence-electron chi connectivity index (χ2n) is 4.93. The zero-order chi connectivity index (χ0) is 14.9. The van der Waals surface area contributed by atoms with E-state index in [2.05, 4.69) is 5.10 Å². The summed E-state index contributed by atoms with van der Waals surface area (Å²) in [4.78, 5) is 11.1. The minimum absolute atomic E-state index is 0.289. The molecule has 0 fully saturated rings. The smallest absolute Gasteiger partial charge is 0.310 e. The molecule has 2 aromatic rings. The van der Waals surface area contributed by atoms with Crippen molar-refractivity contribution in [3.63, 3.8) is 0 Å². The number of benzene rings is 1. The molecular formula is C15H17FN2O2. The first-order valence-corrected chi connectivity index (χ1v) is 6.41. The Labute approximate surface area is 116 Å². The van der Waals surface area contributed by atoms with Crippen molar-refractivity contribution >= 4 is 5.97 Å². The zero-order valence-corrected chi connectivity index (χ0v) is 11.7. The number of nitrogens with zero attached hydrogens (tertiary/aromatic N) is 2. The van der Waals surface area contributed by atoms with E-state index in [-0.39, 0.29) is 5.82 Å². The second kappa shape index (κ2) is 5.45. The number of aliphatic carboxylic acids is 1. The zero-order valence-electron chi connectivity index (χ0n) is 11.7. The van der Waals surface area contributed by atoms with Crippen molar-refractivity contribution in [2.45, 2.75) is 33.2 Å². The molecule has 0 amide bonds. The van der Waals surface area contributed by atoms with Gasteiger partial charge in [-0.15, -0.1) is 0 Å². The van der Waals surface area contributed by atoms with E-state index in [0.29, 0.717) is 12.2 Å². The van der Waals surface area contributed by atoms with Crippen LogP contribution < -0.4 is 0 Å². The van der Waals surface area contributed by atoms with Gasteiger partial charge in [-0.25, -0.2) is 4.39 Å². The highest BCUT2D eigenvalue weighted by Crippen LogP contribution is 2.24. The van der Waals surface area contributed by atoms with Gasteiger partial charge < -0.3 is 5.11 Å². The molecule has 0 radical (unpaired) electrons. The average Bonchev–Trinajstić information content (AvgIpc) is 2.63. The predicted molar refractivity (Wildman–Crippen MR) is 73.3 cm³/mol. The van der Waals surface area contributed by atoms with Crippen LogP contribution >= 0.6 is 0 Å². The largest absolute Gasteiger partial charge is 0.481 e. The van der Waals surface area contributed by atoms with Gasteiger partial charge in [0, 0.05) is 11.3 Å². The minimum Gasteiger partial charge on any atom is -0.481 e. The normalized spacial score (nSPS) is 12.4. The molecule has 4 nitrogen and oxygen atoms in total. The van der Waals surface area contributed by atoms with E-state index in [4.69, 9.17) is 5.11 Å². The third-order valence-electron chi connectivity index (χ3n) is 3.46. The topological polar surface area (TPSA) is 55.1 Å². The molecule has 5 heteroatoms. The molecule has 0 bridgehead atoms. The fourth-order valence-corrected chi connectivity index (χ4v) is 2.42. The molecule has 0 aliphatic carbocycles. The Balaban J connectivity index is 2.35. The van der Waals surface area contributed by atoms with Gasteiger partial charge in [0.2, 0.25) is 0 Å². The quantitative estimate of drug-likeness (QED) is 0.934. The van der Waals surface area contributed by atoms with Crippen LogP contribution in [0.2, 0.25) is 0 Å². The summed E-state index contributed by atoms with van der Waals surface area (Å²) in [5.74, 6) is -1.76. The summed E-state index contributed by atoms with van der Waals surface area (Å²) in [6.07, 6.45) is 0. The number of carboxylic acid groups (broad SMARTS) is 1. The van der Waals surface area contributed by atoms with Crippen molar-refractivity contribution in [3.8, 4) is 0 Å². The fourth-order valence-electron chi connectivity index (χ4n) is 2.42. The van der Waals surface area contributed by atoms with Crippen LogP contribution in [0.3, 0.4) is 0 Å². The van der Waals surface area contributed by atoms with Gasteiger partial charge in [-0.05, 0) is 38.5 Å². The van der Waals surface area contributed by atoms with Crippen LogP contribution in [0.5, 0.6) is 0 Å². The molecule has 0 aliphatic rings. The molecule has 0 aliphatic heterocycles. The molecule has 1 heterocycles. The van der Waals surface area contributed by atoms with Gasteiger partial charge in [-0.2, -0.15) is 5.10 Å². The van der Waals surface area contributed by atoms with Crippen molar-refractivity contribution in [3.05, 3.63) is 52.6 Å². The third kappa shape index (κ3) is 2.71. The highest BCUT2D eigenvalue weighted by Gasteiger charge is 2.22. The van der Waals surface area contributed by atoms with E-state index in [0.717, 1.165) is 16.8 Å². The number of carboxylic acids is 1. The Hall–Kier alpha value is -2.17. The maximum Gasteiger partial charge on any atom is 0.310 e. The summed E-state index contributed by atoms with van der Waals surface area (Å²) in [7, 11) is 0. The van der Waals surface area contributed by atoms with E-state index in [1.165, 1.54) is 12.1 Å². The highest BCUT2D eigenvalue weighted by molar-refractivity contribution is 5.76. The predicted octanol–water partition coefficient (Wildman–Crippen LogP) is 2.88. The lowest BCUT2D eigenvalue weighted by molar-refractivity contribution is -0.138. The van der Waals surface area contributed by atoms with Crippen LogP contribution in [0.4, 0.5) is 4.39 Å². The first-order valence-electron chi connectivity index (χ1n) is 6.41. The summed E-state index contributed by atoms with van der Waals surface area (Å²) >= 11 is 0. The standard InChI is InChI=1S/C15H17FN2O2/c1-9(15(19)20)14-10(2)17-18(11(14)3)8-12-5-4-6-13(16)7-12/h4-7,9H,8H2,1-3H3,(H,19,20). The number of aromatic nitrogens is 2. The number of hydrogen-bond acceptors (Lipinski definition) is 2. The fraction of sp³-hybridized carbons (Fsp3) is 0.333. The van der Waals surface area contributed by atoms with Crippen LogP contribution in [-0.2, 0) is 11.3 Å². The molecular weight excluding hydrogens is 259 g/mol. The summed E-state index contributed by atoms with van der Waals surface area (Å²) in [5, 5.41) is 13.5. The number of hydrogen-bond donors (Lipinski definition) is 1. The molecule has 1 aromatic carbocycles. The Kier molecular flexibility index (Phi) is 3.88. The first kappa shape index (κ1) is 14.2. The first-order chi connectivity index (χ1) is 9.40. The lowest BCUT2D eigenvalue weighted by Gasteiger charge is -2.08. The van der Waals surface area contributed by atoms with Gasteiger partial charge in [-0.3, -0.25) is 9.48 Å². The minimum atomic E-state index is -0.874. The SMILES string of the molecule is Cc1nn(Cc2cccc(F)c2)c(C)c1C(C)C(=O)O. The maximum atomic E-state index is 13.2. The Morgan fingerprint density at radius 1 is 1.45 bits per heavy atom. The van der Waals surface area contributed by atoms with Crippen LogP contribution in [-0.4, -0.2) is 20.9 Å². The van der Waals surface area contributed by atoms with Gasteiger partial charge in [-0.1, -0.05) is 12.1 Å². The molecule has 0 spiro atoms. The van der Waals surface area contributed by atoms with E-state index in [9.17, 15) is 9.18 Å².